The molecule has 3 aromatic heterocycles. The fourth-order valence-electron chi connectivity index (χ4n) is 3.19. The third-order valence-corrected chi connectivity index (χ3v) is 4.75. The zero-order chi connectivity index (χ0) is 24.6. The summed E-state index contributed by atoms with van der Waals surface area (Å²) in [5.74, 6) is 0.850. The first-order valence-electron chi connectivity index (χ1n) is 10.6. The molecule has 0 saturated carbocycles. The molecule has 4 rings (SSSR count). The lowest BCUT2D eigenvalue weighted by atomic mass is 10.1. The Morgan fingerprint density at radius 1 is 1.17 bits per heavy atom. The molecule has 0 amide bonds. The van der Waals surface area contributed by atoms with Crippen molar-refractivity contribution >= 4 is 23.4 Å². The molecule has 0 radical (unpaired) electrons. The molecule has 0 spiro atoms. The third kappa shape index (κ3) is 5.65. The molecule has 3 N–H and O–H groups in total. The zero-order valence-corrected chi connectivity index (χ0v) is 19.0. The number of hydrogen-bond acceptors (Lipinski definition) is 12. The molecule has 4 aromatic rings. The summed E-state index contributed by atoms with van der Waals surface area (Å²) in [6.45, 7) is 2.16. The molecule has 0 aliphatic carbocycles. The minimum Gasteiger partial charge on any atom is -0.497 e. The Morgan fingerprint density at radius 3 is 2.80 bits per heavy atom. The van der Waals surface area contributed by atoms with Crippen LogP contribution in [0.1, 0.15) is 17.3 Å². The quantitative estimate of drug-likeness (QED) is 0.285. The number of hydrogen-bond donors (Lipinski definition) is 3. The van der Waals surface area contributed by atoms with Crippen LogP contribution in [0, 0.1) is 0 Å². The van der Waals surface area contributed by atoms with Gasteiger partial charge in [-0.2, -0.15) is 4.98 Å². The number of methoxy groups -OCH3 is 1. The third-order valence-electron chi connectivity index (χ3n) is 4.75. The number of carbonyl (C=O) groups is 1. The summed E-state index contributed by atoms with van der Waals surface area (Å²) >= 11 is 0. The highest BCUT2D eigenvalue weighted by Crippen LogP contribution is 2.29. The van der Waals surface area contributed by atoms with E-state index < -0.39 is 5.97 Å². The number of nitrogens with one attached hydrogen (secondary N) is 2. The lowest BCUT2D eigenvalue weighted by Gasteiger charge is -2.14. The van der Waals surface area contributed by atoms with Gasteiger partial charge in [0, 0.05) is 54.1 Å². The number of aliphatic hydroxyl groups excluding tert-OH is 1. The minimum atomic E-state index is -0.470. The summed E-state index contributed by atoms with van der Waals surface area (Å²) in [6, 6.07) is 7.02. The van der Waals surface area contributed by atoms with E-state index in [0.29, 0.717) is 45.6 Å². The molecule has 0 atom stereocenters. The van der Waals surface area contributed by atoms with E-state index in [0.717, 1.165) is 0 Å². The van der Waals surface area contributed by atoms with Crippen LogP contribution in [-0.2, 0) is 4.74 Å². The maximum atomic E-state index is 12.1. The predicted molar refractivity (Wildman–Crippen MR) is 126 cm³/mol. The first-order chi connectivity index (χ1) is 17.1. The van der Waals surface area contributed by atoms with Gasteiger partial charge in [0.1, 0.15) is 17.9 Å². The van der Waals surface area contributed by atoms with Gasteiger partial charge in [-0.05, 0) is 29.5 Å². The molecule has 180 valence electrons. The van der Waals surface area contributed by atoms with Gasteiger partial charge in [-0.25, -0.2) is 14.5 Å². The number of aliphatic hydroxyl groups is 1. The molecule has 0 saturated heterocycles. The van der Waals surface area contributed by atoms with E-state index >= 15 is 0 Å². The van der Waals surface area contributed by atoms with Crippen LogP contribution < -0.4 is 15.4 Å². The van der Waals surface area contributed by atoms with Crippen LogP contribution in [0.3, 0.4) is 0 Å². The van der Waals surface area contributed by atoms with Crippen LogP contribution in [0.15, 0.2) is 49.2 Å². The fraction of sp³-hybridized carbons (Fsp3) is 0.227. The van der Waals surface area contributed by atoms with Crippen molar-refractivity contribution in [1.29, 1.82) is 0 Å². The summed E-state index contributed by atoms with van der Waals surface area (Å²) in [6.07, 6.45) is 6.10. The number of nitrogens with zero attached hydrogens (tertiary/aromatic N) is 7. The van der Waals surface area contributed by atoms with E-state index in [2.05, 4.69) is 41.1 Å². The molecule has 13 heteroatoms. The summed E-state index contributed by atoms with van der Waals surface area (Å²) in [5, 5.41) is 26.8. The molecular formula is C22H23N9O4. The van der Waals surface area contributed by atoms with Gasteiger partial charge in [0.05, 0.1) is 31.6 Å². The molecule has 13 nitrogen and oxygen atoms in total. The number of aromatic nitrogens is 7. The number of esters is 1. The van der Waals surface area contributed by atoms with E-state index in [9.17, 15) is 9.90 Å². The number of carbonyl (C=O) groups excluding carboxylic acids is 1. The Balaban J connectivity index is 1.67. The Labute approximate surface area is 200 Å². The highest BCUT2D eigenvalue weighted by Gasteiger charge is 2.14. The topological polar surface area (TPSA) is 162 Å². The Hall–Kier alpha value is -4.65. The normalized spacial score (nSPS) is 10.6. The number of benzene rings is 1. The Bertz CT molecular complexity index is 1300. The second-order valence-electron chi connectivity index (χ2n) is 7.09. The zero-order valence-electron chi connectivity index (χ0n) is 19.0. The largest absolute Gasteiger partial charge is 0.497 e. The van der Waals surface area contributed by atoms with Crippen molar-refractivity contribution in [2.24, 2.45) is 0 Å². The molecular weight excluding hydrogens is 454 g/mol. The maximum absolute atomic E-state index is 12.1. The highest BCUT2D eigenvalue weighted by atomic mass is 16.5. The van der Waals surface area contributed by atoms with Crippen LogP contribution in [-0.4, -0.2) is 73.1 Å². The van der Waals surface area contributed by atoms with Crippen LogP contribution >= 0.6 is 0 Å². The van der Waals surface area contributed by atoms with E-state index in [1.165, 1.54) is 17.2 Å². The van der Waals surface area contributed by atoms with Gasteiger partial charge in [0.25, 0.3) is 0 Å². The van der Waals surface area contributed by atoms with E-state index in [4.69, 9.17) is 9.47 Å². The van der Waals surface area contributed by atoms with Crippen molar-refractivity contribution in [1.82, 2.24) is 35.2 Å². The minimum absolute atomic E-state index is 0.0987. The van der Waals surface area contributed by atoms with Gasteiger partial charge < -0.3 is 25.2 Å². The number of rotatable bonds is 10. The van der Waals surface area contributed by atoms with Crippen LogP contribution in [0.2, 0.25) is 0 Å². The van der Waals surface area contributed by atoms with Gasteiger partial charge in [-0.1, -0.05) is 0 Å². The summed E-state index contributed by atoms with van der Waals surface area (Å²) in [7, 11) is 1.56. The van der Waals surface area contributed by atoms with Crippen molar-refractivity contribution < 1.29 is 19.4 Å². The van der Waals surface area contributed by atoms with Gasteiger partial charge in [0.15, 0.2) is 0 Å². The average molecular weight is 477 g/mol. The molecule has 0 aliphatic rings. The van der Waals surface area contributed by atoms with Crippen LogP contribution in [0.5, 0.6) is 5.75 Å². The first-order valence-corrected chi connectivity index (χ1v) is 10.6. The molecule has 0 bridgehead atoms. The molecule has 0 fully saturated rings. The second kappa shape index (κ2) is 11.0. The van der Waals surface area contributed by atoms with Crippen LogP contribution in [0.25, 0.3) is 16.8 Å². The van der Waals surface area contributed by atoms with E-state index in [1.54, 1.807) is 44.6 Å². The van der Waals surface area contributed by atoms with Crippen molar-refractivity contribution in [3.8, 4) is 22.6 Å². The summed E-state index contributed by atoms with van der Waals surface area (Å²) in [4.78, 5) is 25.3. The standard InChI is InChI=1S/C22H23N9O4/c1-3-35-21(33)15-6-14(10-23-11-15)19-12-25-22(28-20(19)24-4-5-32)27-16-7-17(9-18(8-16)34-2)31-13-26-29-30-31/h6-13,32H,3-5H2,1-2H3,(H2,24,25,27,28). The summed E-state index contributed by atoms with van der Waals surface area (Å²) < 4.78 is 11.9. The SMILES string of the molecule is CCOC(=O)c1cncc(-c2cnc(Nc3cc(OC)cc(-n4cnnn4)c3)nc2NCCO)c1. The average Bonchev–Trinajstić information content (AvgIpc) is 3.43. The summed E-state index contributed by atoms with van der Waals surface area (Å²) in [5.41, 5.74) is 2.84. The number of tetrazole rings is 1. The molecule has 0 aliphatic heterocycles. The number of anilines is 3. The molecule has 3 heterocycles. The van der Waals surface area contributed by atoms with E-state index in [-0.39, 0.29) is 19.8 Å². The van der Waals surface area contributed by atoms with Crippen molar-refractivity contribution in [2.45, 2.75) is 6.92 Å². The fourth-order valence-corrected chi connectivity index (χ4v) is 3.19. The molecule has 1 aromatic carbocycles. The smallest absolute Gasteiger partial charge is 0.339 e. The Kier molecular flexibility index (Phi) is 7.37. The first kappa shape index (κ1) is 23.5. The van der Waals surface area contributed by atoms with Gasteiger partial charge in [-0.15, -0.1) is 5.10 Å². The number of ether oxygens (including phenoxy) is 2. The van der Waals surface area contributed by atoms with Crippen molar-refractivity contribution in [3.05, 3.63) is 54.7 Å². The van der Waals surface area contributed by atoms with Gasteiger partial charge in [0.2, 0.25) is 5.95 Å². The monoisotopic (exact) mass is 477 g/mol. The van der Waals surface area contributed by atoms with Gasteiger partial charge in [-0.3, -0.25) is 4.98 Å². The van der Waals surface area contributed by atoms with E-state index in [1.807, 2.05) is 6.07 Å². The maximum Gasteiger partial charge on any atom is 0.339 e. The predicted octanol–water partition coefficient (Wildman–Crippen LogP) is 1.85. The lowest BCUT2D eigenvalue weighted by molar-refractivity contribution is 0.0526. The van der Waals surface area contributed by atoms with Crippen LogP contribution in [0.4, 0.5) is 17.5 Å². The molecule has 0 unspecified atom stereocenters. The van der Waals surface area contributed by atoms with Crippen molar-refractivity contribution in [3.63, 3.8) is 0 Å². The Morgan fingerprint density at radius 2 is 2.06 bits per heavy atom. The second-order valence-corrected chi connectivity index (χ2v) is 7.09. The van der Waals surface area contributed by atoms with Gasteiger partial charge >= 0.3 is 5.97 Å². The van der Waals surface area contributed by atoms with Crippen molar-refractivity contribution in [2.75, 3.05) is 37.5 Å². The number of pyridine rings is 1. The highest BCUT2D eigenvalue weighted by molar-refractivity contribution is 5.91. The lowest BCUT2D eigenvalue weighted by Crippen LogP contribution is -2.10. The molecule has 35 heavy (non-hydrogen) atoms.